The van der Waals surface area contributed by atoms with E-state index in [2.05, 4.69) is 35.0 Å². The van der Waals surface area contributed by atoms with E-state index in [1.54, 1.807) is 0 Å². The predicted octanol–water partition coefficient (Wildman–Crippen LogP) is 1.55. The van der Waals surface area contributed by atoms with Gasteiger partial charge in [0.25, 0.3) is 0 Å². The van der Waals surface area contributed by atoms with E-state index in [4.69, 9.17) is 0 Å². The van der Waals surface area contributed by atoms with Gasteiger partial charge in [0, 0.05) is 17.8 Å². The molecule has 1 fully saturated rings. The molecule has 0 aromatic carbocycles. The molecular formula is C11H22NO+. The van der Waals surface area contributed by atoms with E-state index in [-0.39, 0.29) is 5.92 Å². The summed E-state index contributed by atoms with van der Waals surface area (Å²) in [6, 6.07) is 0. The molecule has 0 N–H and O–H groups in total. The highest BCUT2D eigenvalue weighted by Crippen LogP contribution is 2.33. The molecule has 1 aliphatic rings. The summed E-state index contributed by atoms with van der Waals surface area (Å²) in [5, 5.41) is 0. The van der Waals surface area contributed by atoms with Gasteiger partial charge in [-0.3, -0.25) is 4.79 Å². The Morgan fingerprint density at radius 3 is 2.15 bits per heavy atom. The molecule has 1 saturated carbocycles. The zero-order chi connectivity index (χ0) is 10.2. The van der Waals surface area contributed by atoms with Crippen molar-refractivity contribution in [2.45, 2.75) is 20.3 Å². The maximum atomic E-state index is 11.6. The Morgan fingerprint density at radius 1 is 1.31 bits per heavy atom. The lowest BCUT2D eigenvalue weighted by Gasteiger charge is -2.28. The van der Waals surface area contributed by atoms with Crippen molar-refractivity contribution in [2.24, 2.45) is 17.8 Å². The molecule has 1 rings (SSSR count). The van der Waals surface area contributed by atoms with Crippen LogP contribution in [0.25, 0.3) is 0 Å². The molecule has 0 aromatic heterocycles. The smallest absolute Gasteiger partial charge is 0.139 e. The Labute approximate surface area is 81.5 Å². The summed E-state index contributed by atoms with van der Waals surface area (Å²) in [6.07, 6.45) is 1.09. The van der Waals surface area contributed by atoms with Crippen molar-refractivity contribution in [3.05, 3.63) is 0 Å². The summed E-state index contributed by atoms with van der Waals surface area (Å²) in [7, 11) is 6.58. The molecule has 2 heteroatoms. The minimum atomic E-state index is 0.285. The summed E-state index contributed by atoms with van der Waals surface area (Å²) in [5.74, 6) is 1.65. The molecule has 0 amide bonds. The van der Waals surface area contributed by atoms with Crippen LogP contribution in [0.2, 0.25) is 0 Å². The minimum absolute atomic E-state index is 0.285. The maximum absolute atomic E-state index is 11.6. The number of ketones is 1. The van der Waals surface area contributed by atoms with Crippen LogP contribution in [0.4, 0.5) is 0 Å². The molecule has 0 heterocycles. The normalized spacial score (nSPS) is 35.5. The lowest BCUT2D eigenvalue weighted by atomic mass is 9.97. The van der Waals surface area contributed by atoms with Crippen LogP contribution in [-0.4, -0.2) is 38.0 Å². The Morgan fingerprint density at radius 2 is 1.85 bits per heavy atom. The van der Waals surface area contributed by atoms with E-state index < -0.39 is 0 Å². The topological polar surface area (TPSA) is 17.1 Å². The first kappa shape index (κ1) is 10.7. The zero-order valence-corrected chi connectivity index (χ0v) is 9.50. The van der Waals surface area contributed by atoms with Crippen molar-refractivity contribution >= 4 is 5.78 Å². The third kappa shape index (κ3) is 2.53. The minimum Gasteiger partial charge on any atom is -0.331 e. The SMILES string of the molecule is CC1CC(C[N+](C)(C)C)C(C)C1=O. The van der Waals surface area contributed by atoms with Gasteiger partial charge in [0.15, 0.2) is 0 Å². The Bertz CT molecular complexity index is 205. The number of quaternary nitrogens is 1. The maximum Gasteiger partial charge on any atom is 0.139 e. The second-order valence-corrected chi connectivity index (χ2v) is 5.56. The Hall–Kier alpha value is -0.370. The number of nitrogens with zero attached hydrogens (tertiary/aromatic N) is 1. The molecule has 0 aromatic rings. The molecule has 1 aliphatic carbocycles. The lowest BCUT2D eigenvalue weighted by molar-refractivity contribution is -0.874. The van der Waals surface area contributed by atoms with Crippen LogP contribution in [0, 0.1) is 17.8 Å². The Kier molecular flexibility index (Phi) is 2.81. The predicted molar refractivity (Wildman–Crippen MR) is 54.3 cm³/mol. The molecule has 3 atom stereocenters. The molecule has 3 unspecified atom stereocenters. The van der Waals surface area contributed by atoms with E-state index in [0.29, 0.717) is 17.6 Å². The lowest BCUT2D eigenvalue weighted by Crippen LogP contribution is -2.40. The largest absolute Gasteiger partial charge is 0.331 e. The van der Waals surface area contributed by atoms with Crippen molar-refractivity contribution < 1.29 is 9.28 Å². The van der Waals surface area contributed by atoms with Gasteiger partial charge in [-0.25, -0.2) is 0 Å². The van der Waals surface area contributed by atoms with Crippen LogP contribution in [0.3, 0.4) is 0 Å². The molecule has 0 bridgehead atoms. The molecular weight excluding hydrogens is 162 g/mol. The summed E-state index contributed by atoms with van der Waals surface area (Å²) in [4.78, 5) is 11.6. The second kappa shape index (κ2) is 3.41. The monoisotopic (exact) mass is 184 g/mol. The van der Waals surface area contributed by atoms with Crippen LogP contribution < -0.4 is 0 Å². The number of hydrogen-bond donors (Lipinski definition) is 0. The van der Waals surface area contributed by atoms with Crippen molar-refractivity contribution in [2.75, 3.05) is 27.7 Å². The highest BCUT2D eigenvalue weighted by Gasteiger charge is 2.39. The van der Waals surface area contributed by atoms with Gasteiger partial charge >= 0.3 is 0 Å². The average Bonchev–Trinajstić information content (AvgIpc) is 2.15. The first-order valence-electron chi connectivity index (χ1n) is 5.15. The van der Waals surface area contributed by atoms with Crippen LogP contribution in [0.5, 0.6) is 0 Å². The number of carbonyl (C=O) groups is 1. The zero-order valence-electron chi connectivity index (χ0n) is 9.50. The Balaban J connectivity index is 2.59. The van der Waals surface area contributed by atoms with Gasteiger partial charge in [0.05, 0.1) is 27.7 Å². The van der Waals surface area contributed by atoms with E-state index in [1.165, 1.54) is 0 Å². The number of hydrogen-bond acceptors (Lipinski definition) is 1. The molecule has 0 spiro atoms. The third-order valence-corrected chi connectivity index (χ3v) is 3.08. The van der Waals surface area contributed by atoms with Gasteiger partial charge in [-0.15, -0.1) is 0 Å². The van der Waals surface area contributed by atoms with Crippen LogP contribution in [-0.2, 0) is 4.79 Å². The van der Waals surface area contributed by atoms with Gasteiger partial charge in [-0.2, -0.15) is 0 Å². The number of carbonyl (C=O) groups excluding carboxylic acids is 1. The van der Waals surface area contributed by atoms with Crippen molar-refractivity contribution in [1.29, 1.82) is 0 Å². The van der Waals surface area contributed by atoms with Crippen LogP contribution >= 0.6 is 0 Å². The first-order chi connectivity index (χ1) is 5.81. The fraction of sp³-hybridized carbons (Fsp3) is 0.909. The molecule has 0 aliphatic heterocycles. The fourth-order valence-corrected chi connectivity index (χ4v) is 2.39. The summed E-state index contributed by atoms with van der Waals surface area (Å²) >= 11 is 0. The van der Waals surface area contributed by atoms with Crippen LogP contribution in [0.15, 0.2) is 0 Å². The van der Waals surface area contributed by atoms with Crippen molar-refractivity contribution in [3.8, 4) is 0 Å². The second-order valence-electron chi connectivity index (χ2n) is 5.56. The van der Waals surface area contributed by atoms with Gasteiger partial charge in [0.1, 0.15) is 5.78 Å². The van der Waals surface area contributed by atoms with E-state index >= 15 is 0 Å². The van der Waals surface area contributed by atoms with Crippen molar-refractivity contribution in [3.63, 3.8) is 0 Å². The van der Waals surface area contributed by atoms with Gasteiger partial charge in [0.2, 0.25) is 0 Å². The third-order valence-electron chi connectivity index (χ3n) is 3.08. The van der Waals surface area contributed by atoms with Crippen LogP contribution in [0.1, 0.15) is 20.3 Å². The van der Waals surface area contributed by atoms with Gasteiger partial charge in [-0.1, -0.05) is 13.8 Å². The molecule has 0 radical (unpaired) electrons. The summed E-state index contributed by atoms with van der Waals surface area (Å²) in [6.45, 7) is 5.28. The molecule has 13 heavy (non-hydrogen) atoms. The molecule has 0 saturated heterocycles. The summed E-state index contributed by atoms with van der Waals surface area (Å²) in [5.41, 5.74) is 0. The number of rotatable bonds is 2. The summed E-state index contributed by atoms with van der Waals surface area (Å²) < 4.78 is 0.967. The van der Waals surface area contributed by atoms with E-state index in [1.807, 2.05) is 0 Å². The molecule has 76 valence electrons. The highest BCUT2D eigenvalue weighted by molar-refractivity contribution is 5.85. The van der Waals surface area contributed by atoms with Gasteiger partial charge in [-0.05, 0) is 6.42 Å². The fourth-order valence-electron chi connectivity index (χ4n) is 2.39. The number of Topliss-reactive ketones (excluding diaryl/α,β-unsaturated/α-hetero) is 1. The van der Waals surface area contributed by atoms with Crippen molar-refractivity contribution in [1.82, 2.24) is 0 Å². The van der Waals surface area contributed by atoms with E-state index in [0.717, 1.165) is 17.4 Å². The van der Waals surface area contributed by atoms with Gasteiger partial charge < -0.3 is 4.48 Å². The quantitative estimate of drug-likeness (QED) is 0.595. The highest BCUT2D eigenvalue weighted by atomic mass is 16.1. The average molecular weight is 184 g/mol. The molecule has 2 nitrogen and oxygen atoms in total. The standard InChI is InChI=1S/C11H22NO/c1-8-6-10(7-12(3,4)5)9(2)11(8)13/h8-10H,6-7H2,1-5H3/q+1. The van der Waals surface area contributed by atoms with E-state index in [9.17, 15) is 4.79 Å². The first-order valence-corrected chi connectivity index (χ1v) is 5.15.